The van der Waals surface area contributed by atoms with Gasteiger partial charge in [0.05, 0.1) is 25.5 Å². The number of alkyl halides is 2. The molecule has 2 fully saturated rings. The monoisotopic (exact) mass is 543 g/mol. The maximum atomic E-state index is 14.8. The molecule has 12 heteroatoms. The van der Waals surface area contributed by atoms with Gasteiger partial charge in [0.15, 0.2) is 5.82 Å². The van der Waals surface area contributed by atoms with E-state index in [-0.39, 0.29) is 23.6 Å². The van der Waals surface area contributed by atoms with Crippen LogP contribution in [-0.4, -0.2) is 74.1 Å². The maximum Gasteiger partial charge on any atom is 0.342 e. The van der Waals surface area contributed by atoms with Crippen LogP contribution in [0.4, 0.5) is 31.9 Å². The molecule has 10 nitrogen and oxygen atoms in total. The van der Waals surface area contributed by atoms with Gasteiger partial charge in [-0.25, -0.2) is 4.98 Å². The molecule has 1 saturated carbocycles. The zero-order valence-electron chi connectivity index (χ0n) is 22.3. The fourth-order valence-corrected chi connectivity index (χ4v) is 5.58. The van der Waals surface area contributed by atoms with E-state index < -0.39 is 18.4 Å². The van der Waals surface area contributed by atoms with Crippen LogP contribution in [0.5, 0.6) is 5.75 Å². The van der Waals surface area contributed by atoms with Gasteiger partial charge in [0.2, 0.25) is 5.95 Å². The number of halogens is 2. The highest BCUT2D eigenvalue weighted by Crippen LogP contribution is 2.40. The number of rotatable bonds is 7. The summed E-state index contributed by atoms with van der Waals surface area (Å²) >= 11 is 0. The fraction of sp³-hybridized carbons (Fsp3) is 0.556. The number of aromatic nitrogens is 2. The van der Waals surface area contributed by atoms with Gasteiger partial charge in [-0.3, -0.25) is 9.59 Å². The van der Waals surface area contributed by atoms with Crippen LogP contribution in [0, 0.1) is 5.92 Å². The number of carbonyl (C=O) groups excluding carboxylic acids is 2. The number of methoxy groups -OCH3 is 1. The zero-order chi connectivity index (χ0) is 27.6. The molecule has 0 bridgehead atoms. The number of hydrogen-bond acceptors (Lipinski definition) is 8. The topological polar surface area (TPSA) is 112 Å². The minimum atomic E-state index is -3.54. The van der Waals surface area contributed by atoms with Crippen LogP contribution in [0.2, 0.25) is 0 Å². The minimum Gasteiger partial charge on any atom is -0.495 e. The number of hydrogen-bond donors (Lipinski definition) is 3. The smallest absolute Gasteiger partial charge is 0.342 e. The molecule has 3 N–H and O–H groups in total. The summed E-state index contributed by atoms with van der Waals surface area (Å²) in [5.41, 5.74) is 1.22. The SMILES string of the molecule is COc1cc(C(=O)NCC2CCNCC2)ccc1Nc1ncc2c(n1)N(C1CCCC1)CC(F)(F)C(=O)N2C. The van der Waals surface area contributed by atoms with Gasteiger partial charge >= 0.3 is 5.92 Å². The van der Waals surface area contributed by atoms with Crippen molar-refractivity contribution in [3.63, 3.8) is 0 Å². The van der Waals surface area contributed by atoms with E-state index in [1.165, 1.54) is 20.4 Å². The van der Waals surface area contributed by atoms with E-state index in [9.17, 15) is 18.4 Å². The second-order valence-electron chi connectivity index (χ2n) is 10.5. The highest BCUT2D eigenvalue weighted by atomic mass is 19.3. The quantitative estimate of drug-likeness (QED) is 0.488. The lowest BCUT2D eigenvalue weighted by atomic mass is 9.98. The normalized spacial score (nSPS) is 19.9. The molecule has 2 aromatic rings. The molecule has 0 spiro atoms. The molecule has 5 rings (SSSR count). The highest BCUT2D eigenvalue weighted by Gasteiger charge is 2.48. The average Bonchev–Trinajstić information content (AvgIpc) is 3.47. The van der Waals surface area contributed by atoms with Gasteiger partial charge in [-0.1, -0.05) is 12.8 Å². The van der Waals surface area contributed by atoms with Crippen LogP contribution >= 0.6 is 0 Å². The molecule has 1 saturated heterocycles. The Bertz CT molecular complexity index is 1220. The third-order valence-corrected chi connectivity index (χ3v) is 7.86. The van der Waals surface area contributed by atoms with Crippen molar-refractivity contribution in [2.24, 2.45) is 5.92 Å². The fourth-order valence-electron chi connectivity index (χ4n) is 5.58. The van der Waals surface area contributed by atoms with Gasteiger partial charge in [0.25, 0.3) is 11.8 Å². The number of anilines is 4. The van der Waals surface area contributed by atoms with Crippen LogP contribution in [-0.2, 0) is 4.79 Å². The molecule has 0 unspecified atom stereocenters. The number of benzene rings is 1. The van der Waals surface area contributed by atoms with E-state index in [0.717, 1.165) is 56.5 Å². The number of fused-ring (bicyclic) bond motifs is 1. The Hall–Kier alpha value is -3.54. The molecule has 1 aromatic carbocycles. The van der Waals surface area contributed by atoms with Crippen LogP contribution in [0.15, 0.2) is 24.4 Å². The minimum absolute atomic E-state index is 0.131. The van der Waals surface area contributed by atoms with E-state index in [1.807, 2.05) is 0 Å². The molecule has 210 valence electrons. The van der Waals surface area contributed by atoms with Crippen LogP contribution in [0.25, 0.3) is 0 Å². The summed E-state index contributed by atoms with van der Waals surface area (Å²) < 4.78 is 35.2. The second kappa shape index (κ2) is 11.3. The Kier molecular flexibility index (Phi) is 7.83. The summed E-state index contributed by atoms with van der Waals surface area (Å²) in [5.74, 6) is -3.66. The molecular weight excluding hydrogens is 508 g/mol. The van der Waals surface area contributed by atoms with Gasteiger partial charge in [0, 0.05) is 25.2 Å². The largest absolute Gasteiger partial charge is 0.495 e. The molecule has 2 aliphatic heterocycles. The summed E-state index contributed by atoms with van der Waals surface area (Å²) in [6.07, 6.45) is 6.86. The predicted octanol–water partition coefficient (Wildman–Crippen LogP) is 3.32. The van der Waals surface area contributed by atoms with Gasteiger partial charge in [-0.15, -0.1) is 0 Å². The Morgan fingerprint density at radius 2 is 1.95 bits per heavy atom. The van der Waals surface area contributed by atoms with Crippen molar-refractivity contribution < 1.29 is 23.1 Å². The van der Waals surface area contributed by atoms with Crippen LogP contribution in [0.3, 0.4) is 0 Å². The Labute approximate surface area is 226 Å². The third-order valence-electron chi connectivity index (χ3n) is 7.86. The molecular formula is C27H35F2N7O3. The lowest BCUT2D eigenvalue weighted by Gasteiger charge is -2.31. The van der Waals surface area contributed by atoms with Gasteiger partial charge in [-0.05, 0) is 62.9 Å². The summed E-state index contributed by atoms with van der Waals surface area (Å²) in [6, 6.07) is 4.89. The third kappa shape index (κ3) is 5.75. The summed E-state index contributed by atoms with van der Waals surface area (Å²) in [5, 5.41) is 9.43. The van der Waals surface area contributed by atoms with Crippen molar-refractivity contribution in [2.45, 2.75) is 50.5 Å². The predicted molar refractivity (Wildman–Crippen MR) is 144 cm³/mol. The molecule has 2 amide bonds. The molecule has 1 aromatic heterocycles. The van der Waals surface area contributed by atoms with Gasteiger partial charge in [0.1, 0.15) is 11.4 Å². The van der Waals surface area contributed by atoms with Crippen molar-refractivity contribution in [2.75, 3.05) is 55.5 Å². The summed E-state index contributed by atoms with van der Waals surface area (Å²) in [6.45, 7) is 1.83. The summed E-state index contributed by atoms with van der Waals surface area (Å²) in [7, 11) is 2.82. The average molecular weight is 544 g/mol. The first-order chi connectivity index (χ1) is 18.8. The van der Waals surface area contributed by atoms with Crippen molar-refractivity contribution in [3.8, 4) is 5.75 Å². The lowest BCUT2D eigenvalue weighted by Crippen LogP contribution is -2.48. The Morgan fingerprint density at radius 3 is 2.67 bits per heavy atom. The Morgan fingerprint density at radius 1 is 1.21 bits per heavy atom. The zero-order valence-corrected chi connectivity index (χ0v) is 22.3. The molecule has 1 aliphatic carbocycles. The standard InChI is InChI=1S/C27H35F2N7O3/c1-35-21-15-32-26(34-23(21)36(19-5-3-4-6-19)16-27(28,29)25(35)38)33-20-8-7-18(13-22(20)39-2)24(37)31-14-17-9-11-30-12-10-17/h7-8,13,15,17,19,30H,3-6,9-12,14,16H2,1-2H3,(H,31,37)(H,32,33,34). The number of piperidine rings is 1. The van der Waals surface area contributed by atoms with Crippen molar-refractivity contribution in [3.05, 3.63) is 30.0 Å². The molecule has 39 heavy (non-hydrogen) atoms. The first kappa shape index (κ1) is 27.0. The number of ether oxygens (including phenoxy) is 1. The first-order valence-electron chi connectivity index (χ1n) is 13.5. The second-order valence-corrected chi connectivity index (χ2v) is 10.5. The van der Waals surface area contributed by atoms with Gasteiger partial charge < -0.3 is 30.5 Å². The van der Waals surface area contributed by atoms with Crippen LogP contribution < -0.4 is 30.5 Å². The van der Waals surface area contributed by atoms with Crippen molar-refractivity contribution >= 4 is 35.0 Å². The maximum absolute atomic E-state index is 14.8. The molecule has 0 atom stereocenters. The number of nitrogens with one attached hydrogen (secondary N) is 3. The van der Waals surface area contributed by atoms with E-state index in [1.54, 1.807) is 23.1 Å². The molecule has 0 radical (unpaired) electrons. The highest BCUT2D eigenvalue weighted by molar-refractivity contribution is 6.02. The lowest BCUT2D eigenvalue weighted by molar-refractivity contribution is -0.140. The molecule has 3 aliphatic rings. The first-order valence-corrected chi connectivity index (χ1v) is 13.5. The number of carbonyl (C=O) groups is 2. The van der Waals surface area contributed by atoms with Gasteiger partial charge in [-0.2, -0.15) is 13.8 Å². The van der Waals surface area contributed by atoms with Crippen molar-refractivity contribution in [1.82, 2.24) is 20.6 Å². The van der Waals surface area contributed by atoms with E-state index in [0.29, 0.717) is 35.3 Å². The Balaban J connectivity index is 1.37. The summed E-state index contributed by atoms with van der Waals surface area (Å²) in [4.78, 5) is 36.7. The van der Waals surface area contributed by atoms with Crippen molar-refractivity contribution in [1.29, 1.82) is 0 Å². The van der Waals surface area contributed by atoms with E-state index in [4.69, 9.17) is 4.74 Å². The molecule has 3 heterocycles. The van der Waals surface area contributed by atoms with E-state index >= 15 is 0 Å². The number of nitrogens with zero attached hydrogens (tertiary/aromatic N) is 4. The van der Waals surface area contributed by atoms with E-state index in [2.05, 4.69) is 25.9 Å². The van der Waals surface area contributed by atoms with Crippen LogP contribution in [0.1, 0.15) is 48.9 Å². The number of amides is 2.